The highest BCUT2D eigenvalue weighted by molar-refractivity contribution is 5.48. The van der Waals surface area contributed by atoms with Gasteiger partial charge in [-0.2, -0.15) is 5.26 Å². The first-order valence-corrected chi connectivity index (χ1v) is 7.80. The molecule has 5 nitrogen and oxygen atoms in total. The molecule has 2 heterocycles. The molecule has 1 fully saturated rings. The van der Waals surface area contributed by atoms with Crippen molar-refractivity contribution in [2.45, 2.75) is 18.9 Å². The Morgan fingerprint density at radius 2 is 2.09 bits per heavy atom. The highest BCUT2D eigenvalue weighted by Crippen LogP contribution is 2.22. The van der Waals surface area contributed by atoms with Crippen molar-refractivity contribution in [3.8, 4) is 11.8 Å². The summed E-state index contributed by atoms with van der Waals surface area (Å²) in [7, 11) is 1.67. The van der Waals surface area contributed by atoms with Gasteiger partial charge in [-0.25, -0.2) is 4.98 Å². The maximum Gasteiger partial charge on any atom is 0.128 e. The molecule has 0 spiro atoms. The minimum atomic E-state index is 0.384. The summed E-state index contributed by atoms with van der Waals surface area (Å²) in [5.74, 6) is 1.80. The lowest BCUT2D eigenvalue weighted by atomic mass is 10.1. The van der Waals surface area contributed by atoms with Crippen LogP contribution in [0.3, 0.4) is 0 Å². The van der Waals surface area contributed by atoms with Crippen molar-refractivity contribution in [3.63, 3.8) is 0 Å². The SMILES string of the molecule is COc1ccc(N[C@H]2CCCN(c3ccc(C#N)cn3)C2)cc1. The fraction of sp³-hybridized carbons (Fsp3) is 0.333. The second kappa shape index (κ2) is 7.01. The fourth-order valence-electron chi connectivity index (χ4n) is 2.87. The van der Waals surface area contributed by atoms with E-state index in [1.54, 1.807) is 13.3 Å². The van der Waals surface area contributed by atoms with E-state index in [4.69, 9.17) is 10.00 Å². The molecule has 2 aromatic rings. The first-order valence-electron chi connectivity index (χ1n) is 7.80. The minimum Gasteiger partial charge on any atom is -0.497 e. The van der Waals surface area contributed by atoms with Crippen LogP contribution in [0.5, 0.6) is 5.75 Å². The number of methoxy groups -OCH3 is 1. The monoisotopic (exact) mass is 308 g/mol. The van der Waals surface area contributed by atoms with Gasteiger partial charge in [-0.05, 0) is 49.2 Å². The second-order valence-corrected chi connectivity index (χ2v) is 5.67. The van der Waals surface area contributed by atoms with E-state index in [2.05, 4.69) is 21.3 Å². The lowest BCUT2D eigenvalue weighted by Gasteiger charge is -2.34. The van der Waals surface area contributed by atoms with Crippen molar-refractivity contribution in [1.29, 1.82) is 5.26 Å². The van der Waals surface area contributed by atoms with Crippen molar-refractivity contribution < 1.29 is 4.74 Å². The van der Waals surface area contributed by atoms with Gasteiger partial charge in [0.25, 0.3) is 0 Å². The number of hydrogen-bond acceptors (Lipinski definition) is 5. The Morgan fingerprint density at radius 3 is 2.74 bits per heavy atom. The van der Waals surface area contributed by atoms with Gasteiger partial charge in [-0.3, -0.25) is 0 Å². The van der Waals surface area contributed by atoms with Crippen LogP contribution >= 0.6 is 0 Å². The summed E-state index contributed by atoms with van der Waals surface area (Å²) in [6.45, 7) is 1.91. The van der Waals surface area contributed by atoms with Gasteiger partial charge >= 0.3 is 0 Å². The molecule has 0 saturated carbocycles. The quantitative estimate of drug-likeness (QED) is 0.940. The zero-order valence-electron chi connectivity index (χ0n) is 13.2. The standard InChI is InChI=1S/C18H20N4O/c1-23-17-7-5-15(6-8-17)21-16-3-2-10-22(13-16)18-9-4-14(11-19)12-20-18/h4-9,12,16,21H,2-3,10,13H2,1H3/t16-/m0/s1. The van der Waals surface area contributed by atoms with Gasteiger partial charge in [-0.15, -0.1) is 0 Å². The van der Waals surface area contributed by atoms with E-state index in [1.807, 2.05) is 36.4 Å². The maximum absolute atomic E-state index is 8.86. The first kappa shape index (κ1) is 15.2. The van der Waals surface area contributed by atoms with E-state index < -0.39 is 0 Å². The van der Waals surface area contributed by atoms with Crippen molar-refractivity contribution in [2.75, 3.05) is 30.4 Å². The minimum absolute atomic E-state index is 0.384. The summed E-state index contributed by atoms with van der Waals surface area (Å²) >= 11 is 0. The smallest absolute Gasteiger partial charge is 0.128 e. The summed E-state index contributed by atoms with van der Waals surface area (Å²) in [5, 5.41) is 12.4. The summed E-state index contributed by atoms with van der Waals surface area (Å²) < 4.78 is 5.19. The number of piperidine rings is 1. The normalized spacial score (nSPS) is 17.4. The van der Waals surface area contributed by atoms with Gasteiger partial charge in [0.15, 0.2) is 0 Å². The van der Waals surface area contributed by atoms with E-state index in [0.29, 0.717) is 11.6 Å². The third-order valence-electron chi connectivity index (χ3n) is 4.08. The van der Waals surface area contributed by atoms with Crippen LogP contribution in [-0.4, -0.2) is 31.2 Å². The van der Waals surface area contributed by atoms with Crippen molar-refractivity contribution in [1.82, 2.24) is 4.98 Å². The number of rotatable bonds is 4. The molecule has 1 atom stereocenters. The predicted molar refractivity (Wildman–Crippen MR) is 90.8 cm³/mol. The summed E-state index contributed by atoms with van der Waals surface area (Å²) in [4.78, 5) is 6.67. The van der Waals surface area contributed by atoms with Crippen LogP contribution < -0.4 is 15.0 Å². The molecule has 0 bridgehead atoms. The lowest BCUT2D eigenvalue weighted by molar-refractivity contribution is 0.415. The number of nitrogens with one attached hydrogen (secondary N) is 1. The van der Waals surface area contributed by atoms with E-state index >= 15 is 0 Å². The van der Waals surface area contributed by atoms with Gasteiger partial charge in [0.1, 0.15) is 17.6 Å². The van der Waals surface area contributed by atoms with Crippen LogP contribution in [0, 0.1) is 11.3 Å². The second-order valence-electron chi connectivity index (χ2n) is 5.67. The summed E-state index contributed by atoms with van der Waals surface area (Å²) in [6, 6.07) is 14.2. The van der Waals surface area contributed by atoms with Crippen LogP contribution in [0.4, 0.5) is 11.5 Å². The highest BCUT2D eigenvalue weighted by atomic mass is 16.5. The Morgan fingerprint density at radius 1 is 1.26 bits per heavy atom. The third-order valence-corrected chi connectivity index (χ3v) is 4.08. The van der Waals surface area contributed by atoms with Gasteiger partial charge in [0, 0.05) is 31.0 Å². The third kappa shape index (κ3) is 3.72. The molecular formula is C18H20N4O. The van der Waals surface area contributed by atoms with Crippen LogP contribution in [0.25, 0.3) is 0 Å². The van der Waals surface area contributed by atoms with Crippen LogP contribution in [0.2, 0.25) is 0 Å². The molecule has 1 aromatic carbocycles. The number of pyridine rings is 1. The van der Waals surface area contributed by atoms with Crippen molar-refractivity contribution in [3.05, 3.63) is 48.2 Å². The van der Waals surface area contributed by atoms with Gasteiger partial charge in [0.05, 0.1) is 12.7 Å². The number of anilines is 2. The van der Waals surface area contributed by atoms with Crippen LogP contribution in [-0.2, 0) is 0 Å². The number of nitriles is 1. The zero-order chi connectivity index (χ0) is 16.1. The van der Waals surface area contributed by atoms with Gasteiger partial charge < -0.3 is 15.0 Å². The molecule has 1 saturated heterocycles. The molecule has 1 aliphatic heterocycles. The molecular weight excluding hydrogens is 288 g/mol. The van der Waals surface area contributed by atoms with E-state index in [1.165, 1.54) is 0 Å². The number of benzene rings is 1. The van der Waals surface area contributed by atoms with E-state index in [9.17, 15) is 0 Å². The van der Waals surface area contributed by atoms with Crippen molar-refractivity contribution in [2.24, 2.45) is 0 Å². The Hall–Kier alpha value is -2.74. The van der Waals surface area contributed by atoms with E-state index in [0.717, 1.165) is 43.2 Å². The predicted octanol–water partition coefficient (Wildman–Crippen LogP) is 3.04. The number of ether oxygens (including phenoxy) is 1. The Labute approximate surface area is 136 Å². The topological polar surface area (TPSA) is 61.2 Å². The molecule has 5 heteroatoms. The van der Waals surface area contributed by atoms with E-state index in [-0.39, 0.29) is 0 Å². The van der Waals surface area contributed by atoms with Gasteiger partial charge in [0.2, 0.25) is 0 Å². The summed E-state index contributed by atoms with van der Waals surface area (Å²) in [5.41, 5.74) is 1.70. The van der Waals surface area contributed by atoms with Crippen LogP contribution in [0.1, 0.15) is 18.4 Å². The zero-order valence-corrected chi connectivity index (χ0v) is 13.2. The van der Waals surface area contributed by atoms with Crippen molar-refractivity contribution >= 4 is 11.5 Å². The molecule has 1 N–H and O–H groups in total. The Kier molecular flexibility index (Phi) is 4.62. The molecule has 1 aromatic heterocycles. The molecule has 0 radical (unpaired) electrons. The van der Waals surface area contributed by atoms with Crippen LogP contribution in [0.15, 0.2) is 42.6 Å². The molecule has 1 aliphatic rings. The number of nitrogens with zero attached hydrogens (tertiary/aromatic N) is 3. The van der Waals surface area contributed by atoms with Gasteiger partial charge in [-0.1, -0.05) is 0 Å². The first-order chi connectivity index (χ1) is 11.3. The highest BCUT2D eigenvalue weighted by Gasteiger charge is 2.20. The Bertz CT molecular complexity index is 676. The number of aromatic nitrogens is 1. The average molecular weight is 308 g/mol. The molecule has 0 aliphatic carbocycles. The average Bonchev–Trinajstić information content (AvgIpc) is 2.63. The molecule has 118 valence electrons. The molecule has 0 amide bonds. The molecule has 0 unspecified atom stereocenters. The Balaban J connectivity index is 1.64. The largest absolute Gasteiger partial charge is 0.497 e. The lowest BCUT2D eigenvalue weighted by Crippen LogP contribution is -2.42. The summed E-state index contributed by atoms with van der Waals surface area (Å²) in [6.07, 6.45) is 3.89. The number of hydrogen-bond donors (Lipinski definition) is 1. The fourth-order valence-corrected chi connectivity index (χ4v) is 2.87. The molecule has 3 rings (SSSR count). The molecule has 23 heavy (non-hydrogen) atoms. The maximum atomic E-state index is 8.86.